The van der Waals surface area contributed by atoms with E-state index in [1.165, 1.54) is 87.0 Å². The van der Waals surface area contributed by atoms with Gasteiger partial charge in [-0.3, -0.25) is 0 Å². The molecule has 4 heterocycles. The van der Waals surface area contributed by atoms with Crippen molar-refractivity contribution in [3.05, 3.63) is 115 Å². The van der Waals surface area contributed by atoms with Gasteiger partial charge in [0.1, 0.15) is 0 Å². The molecule has 3 aliphatic heterocycles. The fourth-order valence-electron chi connectivity index (χ4n) is 7.54. The molecule has 0 spiro atoms. The number of para-hydroxylation sites is 3. The minimum absolute atomic E-state index is 0.105. The van der Waals surface area contributed by atoms with Crippen molar-refractivity contribution in [2.45, 2.75) is 16.7 Å². The summed E-state index contributed by atoms with van der Waals surface area (Å²) in [7, 11) is 0. The van der Waals surface area contributed by atoms with E-state index >= 15 is 0 Å². The predicted octanol–water partition coefficient (Wildman–Crippen LogP) is 8.14. The van der Waals surface area contributed by atoms with Gasteiger partial charge in [0, 0.05) is 48.2 Å². The lowest BCUT2D eigenvalue weighted by atomic mass is 9.45. The summed E-state index contributed by atoms with van der Waals surface area (Å²) in [5.41, 5.74) is 13.4. The molecule has 0 amide bonds. The van der Waals surface area contributed by atoms with Crippen molar-refractivity contribution >= 4 is 79.2 Å². The molecule has 0 radical (unpaired) electrons. The normalized spacial score (nSPS) is 14.1. The Kier molecular flexibility index (Phi) is 3.67. The van der Waals surface area contributed by atoms with Crippen LogP contribution in [0.5, 0.6) is 0 Å². The van der Waals surface area contributed by atoms with Gasteiger partial charge < -0.3 is 9.38 Å². The number of hydrogen-bond acceptors (Lipinski definition) is 2. The summed E-state index contributed by atoms with van der Waals surface area (Å²) in [4.78, 5) is 5.19. The maximum atomic E-state index is 2.68. The molecule has 10 rings (SSSR count). The number of fused-ring (bicyclic) bond motifs is 11. The fraction of sp³-hybridized carbons (Fsp3) is 0.0286. The molecule has 1 aromatic heterocycles. The van der Waals surface area contributed by atoms with Crippen LogP contribution < -0.4 is 15.8 Å². The van der Waals surface area contributed by atoms with Gasteiger partial charge in [-0.2, -0.15) is 0 Å². The standard InChI is InChI=1S/C35H21BN2S/c1-20-18-26-24-11-6-10-23-25-17-16-21-8-2-3-9-22(21)33(25)38(34(23)24)36-27-12-7-15-31-35(27)37(29(19-20)32(26)36)28-13-4-5-14-30(28)39-31/h2-19H,1H3. The van der Waals surface area contributed by atoms with Crippen molar-refractivity contribution in [2.75, 3.05) is 4.90 Å². The lowest BCUT2D eigenvalue weighted by molar-refractivity contribution is 1.16. The largest absolute Gasteiger partial charge is 0.375 e. The first-order valence-corrected chi connectivity index (χ1v) is 14.4. The topological polar surface area (TPSA) is 8.17 Å². The number of aromatic nitrogens is 1. The monoisotopic (exact) mass is 512 g/mol. The summed E-state index contributed by atoms with van der Waals surface area (Å²) in [5.74, 6) is 0. The molecular formula is C35H21BN2S. The first-order valence-electron chi connectivity index (χ1n) is 13.6. The first-order chi connectivity index (χ1) is 19.3. The zero-order valence-corrected chi connectivity index (χ0v) is 22.1. The van der Waals surface area contributed by atoms with Crippen LogP contribution in [0.4, 0.5) is 17.1 Å². The second-order valence-corrected chi connectivity index (χ2v) is 12.1. The molecule has 0 bridgehead atoms. The third-order valence-electron chi connectivity index (χ3n) is 8.95. The Morgan fingerprint density at radius 2 is 1.41 bits per heavy atom. The predicted molar refractivity (Wildman–Crippen MR) is 166 cm³/mol. The highest BCUT2D eigenvalue weighted by Crippen LogP contribution is 2.53. The Morgan fingerprint density at radius 1 is 0.615 bits per heavy atom. The van der Waals surface area contributed by atoms with Crippen LogP contribution in [-0.4, -0.2) is 11.3 Å². The van der Waals surface area contributed by atoms with Gasteiger partial charge in [0.15, 0.2) is 0 Å². The van der Waals surface area contributed by atoms with Gasteiger partial charge in [0.2, 0.25) is 0 Å². The van der Waals surface area contributed by atoms with E-state index in [-0.39, 0.29) is 6.85 Å². The summed E-state index contributed by atoms with van der Waals surface area (Å²) in [6.45, 7) is 2.35. The number of benzene rings is 6. The van der Waals surface area contributed by atoms with Crippen LogP contribution in [0, 0.1) is 6.92 Å². The van der Waals surface area contributed by atoms with Gasteiger partial charge in [0.25, 0.3) is 0 Å². The Bertz CT molecular complexity index is 2240. The molecule has 39 heavy (non-hydrogen) atoms. The van der Waals surface area contributed by atoms with E-state index in [0.29, 0.717) is 0 Å². The molecule has 4 heteroatoms. The molecular weight excluding hydrogens is 491 g/mol. The first kappa shape index (κ1) is 20.5. The van der Waals surface area contributed by atoms with Crippen molar-refractivity contribution in [3.63, 3.8) is 0 Å². The third kappa shape index (κ3) is 2.38. The summed E-state index contributed by atoms with van der Waals surface area (Å²) in [6.07, 6.45) is 0. The SMILES string of the molecule is Cc1cc2c3c(c1)N1c4ccccc4Sc4cccc(c41)B3n1c3c-2cccc3c2ccc3ccccc3c21. The molecule has 6 aromatic carbocycles. The van der Waals surface area contributed by atoms with Gasteiger partial charge in [-0.1, -0.05) is 96.7 Å². The van der Waals surface area contributed by atoms with Crippen LogP contribution in [0.1, 0.15) is 5.56 Å². The molecule has 0 fully saturated rings. The number of nitrogens with zero attached hydrogens (tertiary/aromatic N) is 2. The van der Waals surface area contributed by atoms with E-state index in [1.54, 1.807) is 0 Å². The molecule has 0 unspecified atom stereocenters. The van der Waals surface area contributed by atoms with Crippen molar-refractivity contribution in [1.29, 1.82) is 0 Å². The van der Waals surface area contributed by atoms with Gasteiger partial charge >= 0.3 is 6.85 Å². The van der Waals surface area contributed by atoms with E-state index in [9.17, 15) is 0 Å². The van der Waals surface area contributed by atoms with E-state index in [1.807, 2.05) is 11.8 Å². The number of aryl methyl sites for hydroxylation is 1. The van der Waals surface area contributed by atoms with Gasteiger partial charge in [-0.25, -0.2) is 0 Å². The highest BCUT2D eigenvalue weighted by atomic mass is 32.2. The van der Waals surface area contributed by atoms with Gasteiger partial charge in [-0.15, -0.1) is 0 Å². The lowest BCUT2D eigenvalue weighted by Gasteiger charge is -2.43. The van der Waals surface area contributed by atoms with Crippen molar-refractivity contribution in [1.82, 2.24) is 4.48 Å². The van der Waals surface area contributed by atoms with E-state index < -0.39 is 0 Å². The van der Waals surface area contributed by atoms with Crippen LogP contribution in [0.25, 0.3) is 43.7 Å². The average Bonchev–Trinajstić information content (AvgIpc) is 3.32. The van der Waals surface area contributed by atoms with Crippen molar-refractivity contribution in [3.8, 4) is 11.1 Å². The number of hydrogen-bond donors (Lipinski definition) is 0. The molecule has 0 aliphatic carbocycles. The second kappa shape index (κ2) is 6.96. The van der Waals surface area contributed by atoms with E-state index in [4.69, 9.17) is 0 Å². The van der Waals surface area contributed by atoms with E-state index in [0.717, 1.165) is 0 Å². The Hall–Kier alpha value is -4.41. The molecule has 0 N–H and O–H groups in total. The van der Waals surface area contributed by atoms with Crippen LogP contribution in [-0.2, 0) is 0 Å². The Balaban J connectivity index is 1.46. The molecule has 3 aliphatic rings. The maximum Gasteiger partial charge on any atom is 0.333 e. The lowest BCUT2D eigenvalue weighted by Crippen LogP contribution is -2.57. The highest BCUT2D eigenvalue weighted by Gasteiger charge is 2.45. The zero-order valence-electron chi connectivity index (χ0n) is 21.3. The smallest absolute Gasteiger partial charge is 0.333 e. The highest BCUT2D eigenvalue weighted by molar-refractivity contribution is 7.99. The third-order valence-corrected chi connectivity index (χ3v) is 10.1. The Morgan fingerprint density at radius 3 is 2.38 bits per heavy atom. The maximum absolute atomic E-state index is 2.68. The van der Waals surface area contributed by atoms with Gasteiger partial charge in [-0.05, 0) is 58.6 Å². The minimum atomic E-state index is 0.105. The van der Waals surface area contributed by atoms with Crippen LogP contribution >= 0.6 is 11.8 Å². The minimum Gasteiger partial charge on any atom is -0.375 e. The summed E-state index contributed by atoms with van der Waals surface area (Å²) >= 11 is 1.90. The quantitative estimate of drug-likeness (QED) is 0.190. The summed E-state index contributed by atoms with van der Waals surface area (Å²) < 4.78 is 2.68. The zero-order chi connectivity index (χ0) is 25.4. The molecule has 180 valence electrons. The van der Waals surface area contributed by atoms with Crippen LogP contribution in [0.3, 0.4) is 0 Å². The number of rotatable bonds is 0. The van der Waals surface area contributed by atoms with Crippen LogP contribution in [0.15, 0.2) is 119 Å². The Labute approximate surface area is 230 Å². The molecule has 7 aromatic rings. The summed E-state index contributed by atoms with van der Waals surface area (Å²) in [5, 5.41) is 5.29. The molecule has 0 saturated carbocycles. The molecule has 2 nitrogen and oxygen atoms in total. The van der Waals surface area contributed by atoms with Gasteiger partial charge in [0.05, 0.1) is 11.4 Å². The average molecular weight is 512 g/mol. The van der Waals surface area contributed by atoms with Crippen LogP contribution in [0.2, 0.25) is 0 Å². The summed E-state index contributed by atoms with van der Waals surface area (Å²) in [6, 6.07) is 41.0. The van der Waals surface area contributed by atoms with Crippen molar-refractivity contribution < 1.29 is 0 Å². The number of anilines is 3. The fourth-order valence-corrected chi connectivity index (χ4v) is 8.64. The molecule has 0 atom stereocenters. The second-order valence-electron chi connectivity index (χ2n) is 11.0. The van der Waals surface area contributed by atoms with E-state index in [2.05, 4.69) is 125 Å². The van der Waals surface area contributed by atoms with Crippen molar-refractivity contribution in [2.24, 2.45) is 0 Å². The molecule has 0 saturated heterocycles.